The monoisotopic (exact) mass is 281 g/mol. The van der Waals surface area contributed by atoms with Gasteiger partial charge in [0.25, 0.3) is 0 Å². The molecule has 0 radical (unpaired) electrons. The van der Waals surface area contributed by atoms with Crippen LogP contribution in [0.2, 0.25) is 0 Å². The van der Waals surface area contributed by atoms with Crippen LogP contribution in [0, 0.1) is 23.7 Å². The molecule has 4 aliphatic rings. The first-order chi connectivity index (χ1) is 9.52. The van der Waals surface area contributed by atoms with Gasteiger partial charge in [0, 0.05) is 6.42 Å². The van der Waals surface area contributed by atoms with E-state index in [1.165, 1.54) is 32.1 Å². The summed E-state index contributed by atoms with van der Waals surface area (Å²) >= 11 is 0. The molecule has 5 heteroatoms. The molecule has 4 fully saturated rings. The van der Waals surface area contributed by atoms with Crippen LogP contribution in [0.3, 0.4) is 0 Å². The summed E-state index contributed by atoms with van der Waals surface area (Å²) in [4.78, 5) is 22.5. The van der Waals surface area contributed by atoms with E-state index in [1.807, 2.05) is 0 Å². The molecule has 4 aliphatic carbocycles. The lowest BCUT2D eigenvalue weighted by Crippen LogP contribution is -2.50. The highest BCUT2D eigenvalue weighted by Gasteiger charge is 2.49. The van der Waals surface area contributed by atoms with Crippen LogP contribution in [0.15, 0.2) is 0 Å². The van der Waals surface area contributed by atoms with Crippen LogP contribution < -0.4 is 5.73 Å². The Morgan fingerprint density at radius 3 is 2.15 bits per heavy atom. The summed E-state index contributed by atoms with van der Waals surface area (Å²) in [6, 6.07) is -0.971. The molecule has 0 saturated heterocycles. The van der Waals surface area contributed by atoms with Gasteiger partial charge >= 0.3 is 11.9 Å². The van der Waals surface area contributed by atoms with Gasteiger partial charge in [0.2, 0.25) is 0 Å². The van der Waals surface area contributed by atoms with E-state index < -0.39 is 12.0 Å². The Labute approximate surface area is 118 Å². The second-order valence-electron chi connectivity index (χ2n) is 6.87. The van der Waals surface area contributed by atoms with Crippen LogP contribution in [0.25, 0.3) is 0 Å². The van der Waals surface area contributed by atoms with Gasteiger partial charge in [-0.2, -0.15) is 0 Å². The van der Waals surface area contributed by atoms with Crippen LogP contribution in [-0.2, 0) is 14.3 Å². The molecule has 0 aliphatic heterocycles. The molecule has 0 spiro atoms. The predicted octanol–water partition coefficient (Wildman–Crippen LogP) is 1.55. The van der Waals surface area contributed by atoms with Gasteiger partial charge in [-0.1, -0.05) is 0 Å². The molecule has 0 aromatic heterocycles. The van der Waals surface area contributed by atoms with Crippen LogP contribution in [0.1, 0.15) is 44.9 Å². The quantitative estimate of drug-likeness (QED) is 0.746. The first-order valence-electron chi connectivity index (χ1n) is 7.70. The summed E-state index contributed by atoms with van der Waals surface area (Å²) in [5, 5.41) is 8.70. The number of nitrogens with two attached hydrogens (primary N) is 1. The minimum absolute atomic E-state index is 0.0800. The smallest absolute Gasteiger partial charge is 0.320 e. The summed E-state index contributed by atoms with van der Waals surface area (Å²) in [5.41, 5.74) is 5.41. The van der Waals surface area contributed by atoms with E-state index in [0.29, 0.717) is 11.8 Å². The number of carboxylic acids is 1. The van der Waals surface area contributed by atoms with Crippen molar-refractivity contribution in [3.63, 3.8) is 0 Å². The predicted molar refractivity (Wildman–Crippen MR) is 71.8 cm³/mol. The number of esters is 1. The first kappa shape index (κ1) is 13.9. The Balaban J connectivity index is 1.50. The molecule has 0 amide bonds. The van der Waals surface area contributed by atoms with Crippen molar-refractivity contribution >= 4 is 11.9 Å². The maximum absolute atomic E-state index is 11.9. The molecule has 20 heavy (non-hydrogen) atoms. The molecule has 0 unspecified atom stereocenters. The summed E-state index contributed by atoms with van der Waals surface area (Å²) in [7, 11) is 0. The maximum atomic E-state index is 11.9. The SMILES string of the molecule is N[C@@H](CCC(=O)OC1C2CC3CC(C2)CC1C3)C(=O)O. The average molecular weight is 281 g/mol. The molecule has 1 atom stereocenters. The second kappa shape index (κ2) is 5.35. The fourth-order valence-corrected chi connectivity index (χ4v) is 4.68. The number of carboxylic acid groups (broad SMARTS) is 1. The molecule has 4 bridgehead atoms. The molecule has 5 nitrogen and oxygen atoms in total. The van der Waals surface area contributed by atoms with E-state index in [0.717, 1.165) is 11.8 Å². The maximum Gasteiger partial charge on any atom is 0.320 e. The molecule has 112 valence electrons. The Morgan fingerprint density at radius 2 is 1.65 bits per heavy atom. The third-order valence-corrected chi connectivity index (χ3v) is 5.38. The number of hydrogen-bond acceptors (Lipinski definition) is 4. The fraction of sp³-hybridized carbons (Fsp3) is 0.867. The Bertz CT molecular complexity index is 381. The van der Waals surface area contributed by atoms with Crippen LogP contribution in [-0.4, -0.2) is 29.2 Å². The highest BCUT2D eigenvalue weighted by molar-refractivity contribution is 5.75. The van der Waals surface area contributed by atoms with E-state index in [1.54, 1.807) is 0 Å². The summed E-state index contributed by atoms with van der Waals surface area (Å²) in [6.07, 6.45) is 6.55. The molecular formula is C15H23NO4. The molecular weight excluding hydrogens is 258 g/mol. The summed E-state index contributed by atoms with van der Waals surface area (Å²) in [6.45, 7) is 0. The Hall–Kier alpha value is -1.10. The number of hydrogen-bond donors (Lipinski definition) is 2. The van der Waals surface area contributed by atoms with Crippen molar-refractivity contribution in [2.45, 2.75) is 57.1 Å². The largest absolute Gasteiger partial charge is 0.480 e. The normalized spacial score (nSPS) is 39.5. The number of ether oxygens (including phenoxy) is 1. The zero-order chi connectivity index (χ0) is 14.3. The van der Waals surface area contributed by atoms with Crippen LogP contribution >= 0.6 is 0 Å². The van der Waals surface area contributed by atoms with Crippen molar-refractivity contribution in [3.8, 4) is 0 Å². The van der Waals surface area contributed by atoms with E-state index in [4.69, 9.17) is 15.6 Å². The summed E-state index contributed by atoms with van der Waals surface area (Å²) < 4.78 is 5.67. The molecule has 4 saturated carbocycles. The third kappa shape index (κ3) is 2.68. The highest BCUT2D eigenvalue weighted by Crippen LogP contribution is 2.54. The van der Waals surface area contributed by atoms with E-state index in [9.17, 15) is 9.59 Å². The second-order valence-corrected chi connectivity index (χ2v) is 6.87. The lowest BCUT2D eigenvalue weighted by molar-refractivity contribution is -0.170. The van der Waals surface area contributed by atoms with Crippen molar-refractivity contribution in [3.05, 3.63) is 0 Å². The van der Waals surface area contributed by atoms with Gasteiger partial charge in [0.1, 0.15) is 12.1 Å². The van der Waals surface area contributed by atoms with Gasteiger partial charge < -0.3 is 15.6 Å². The molecule has 0 aromatic carbocycles. The fourth-order valence-electron chi connectivity index (χ4n) is 4.68. The van der Waals surface area contributed by atoms with Gasteiger partial charge in [0.05, 0.1) is 0 Å². The first-order valence-corrected chi connectivity index (χ1v) is 7.70. The van der Waals surface area contributed by atoms with E-state index >= 15 is 0 Å². The molecule has 4 rings (SSSR count). The lowest BCUT2D eigenvalue weighted by atomic mass is 9.55. The lowest BCUT2D eigenvalue weighted by Gasteiger charge is -2.53. The number of aliphatic carboxylic acids is 1. The van der Waals surface area contributed by atoms with Gasteiger partial charge in [-0.3, -0.25) is 9.59 Å². The number of rotatable bonds is 5. The number of carbonyl (C=O) groups excluding carboxylic acids is 1. The van der Waals surface area contributed by atoms with Gasteiger partial charge in [0.15, 0.2) is 0 Å². The third-order valence-electron chi connectivity index (χ3n) is 5.38. The standard InChI is InChI=1S/C15H23NO4/c16-12(15(18)19)1-2-13(17)20-14-10-4-8-3-9(6-10)7-11(14)5-8/h8-12,14H,1-7,16H2,(H,18,19)/t8?,9?,10?,11?,12-,14?/m0/s1. The van der Waals surface area contributed by atoms with Gasteiger partial charge in [-0.05, 0) is 62.2 Å². The topological polar surface area (TPSA) is 89.6 Å². The zero-order valence-corrected chi connectivity index (χ0v) is 11.7. The van der Waals surface area contributed by atoms with Gasteiger partial charge in [-0.25, -0.2) is 0 Å². The van der Waals surface area contributed by atoms with Crippen molar-refractivity contribution in [2.24, 2.45) is 29.4 Å². The zero-order valence-electron chi connectivity index (χ0n) is 11.7. The van der Waals surface area contributed by atoms with Crippen LogP contribution in [0.4, 0.5) is 0 Å². The van der Waals surface area contributed by atoms with Crippen molar-refractivity contribution in [2.75, 3.05) is 0 Å². The minimum atomic E-state index is -1.06. The average Bonchev–Trinajstić information content (AvgIpc) is 2.39. The van der Waals surface area contributed by atoms with Crippen molar-refractivity contribution < 1.29 is 19.4 Å². The Morgan fingerprint density at radius 1 is 1.10 bits per heavy atom. The van der Waals surface area contributed by atoms with Gasteiger partial charge in [-0.15, -0.1) is 0 Å². The molecule has 0 aromatic rings. The highest BCUT2D eigenvalue weighted by atomic mass is 16.5. The van der Waals surface area contributed by atoms with Crippen molar-refractivity contribution in [1.82, 2.24) is 0 Å². The van der Waals surface area contributed by atoms with E-state index in [2.05, 4.69) is 0 Å². The van der Waals surface area contributed by atoms with Crippen molar-refractivity contribution in [1.29, 1.82) is 0 Å². The van der Waals surface area contributed by atoms with E-state index in [-0.39, 0.29) is 24.9 Å². The summed E-state index contributed by atoms with van der Waals surface area (Å²) in [5.74, 6) is 1.46. The minimum Gasteiger partial charge on any atom is -0.480 e. The van der Waals surface area contributed by atoms with Crippen LogP contribution in [0.5, 0.6) is 0 Å². The molecule has 3 N–H and O–H groups in total. The number of carbonyl (C=O) groups is 2. The Kier molecular flexibility index (Phi) is 3.71. The molecule has 0 heterocycles.